The van der Waals surface area contributed by atoms with Gasteiger partial charge in [0.15, 0.2) is 0 Å². The minimum Gasteiger partial charge on any atom is -0.457 e. The zero-order chi connectivity index (χ0) is 14.4. The summed E-state index contributed by atoms with van der Waals surface area (Å²) in [5.41, 5.74) is 5.88. The molecule has 20 heavy (non-hydrogen) atoms. The minimum absolute atomic E-state index is 0.109. The van der Waals surface area contributed by atoms with Crippen molar-refractivity contribution in [2.75, 3.05) is 5.75 Å². The molecule has 2 aromatic carbocycles. The number of carbonyl (C=O) groups excluding carboxylic acids is 1. The van der Waals surface area contributed by atoms with E-state index in [9.17, 15) is 9.00 Å². The van der Waals surface area contributed by atoms with E-state index in [0.717, 1.165) is 11.3 Å². The number of rotatable bonds is 6. The fourth-order valence-corrected chi connectivity index (χ4v) is 2.66. The molecule has 1 amide bonds. The molecular formula is C15H15NO3S. The van der Waals surface area contributed by atoms with Crippen LogP contribution in [0.1, 0.15) is 5.56 Å². The first kappa shape index (κ1) is 14.3. The van der Waals surface area contributed by atoms with Gasteiger partial charge in [-0.05, 0) is 29.8 Å². The third-order valence-electron chi connectivity index (χ3n) is 2.53. The molecule has 2 rings (SSSR count). The number of benzene rings is 2. The van der Waals surface area contributed by atoms with Gasteiger partial charge in [0.2, 0.25) is 5.91 Å². The number of para-hydroxylation sites is 1. The van der Waals surface area contributed by atoms with Crippen molar-refractivity contribution < 1.29 is 13.7 Å². The molecule has 2 N–H and O–H groups in total. The largest absolute Gasteiger partial charge is 0.457 e. The first-order chi connectivity index (χ1) is 9.63. The van der Waals surface area contributed by atoms with Crippen LogP contribution in [0.4, 0.5) is 0 Å². The summed E-state index contributed by atoms with van der Waals surface area (Å²) in [6.45, 7) is 0. The van der Waals surface area contributed by atoms with E-state index in [4.69, 9.17) is 10.5 Å². The van der Waals surface area contributed by atoms with E-state index in [1.54, 1.807) is 0 Å². The van der Waals surface area contributed by atoms with E-state index in [-0.39, 0.29) is 5.75 Å². The highest BCUT2D eigenvalue weighted by Crippen LogP contribution is 2.21. The van der Waals surface area contributed by atoms with Gasteiger partial charge in [-0.2, -0.15) is 0 Å². The summed E-state index contributed by atoms with van der Waals surface area (Å²) in [7, 11) is -1.26. The average molecular weight is 289 g/mol. The zero-order valence-electron chi connectivity index (χ0n) is 10.8. The van der Waals surface area contributed by atoms with Gasteiger partial charge in [-0.3, -0.25) is 9.00 Å². The fraction of sp³-hybridized carbons (Fsp3) is 0.133. The van der Waals surface area contributed by atoms with Gasteiger partial charge in [0.1, 0.15) is 17.3 Å². The zero-order valence-corrected chi connectivity index (χ0v) is 11.6. The van der Waals surface area contributed by atoms with Crippen LogP contribution >= 0.6 is 0 Å². The summed E-state index contributed by atoms with van der Waals surface area (Å²) in [5.74, 6) is 1.13. The Labute approximate surface area is 120 Å². The molecule has 4 nitrogen and oxygen atoms in total. The maximum Gasteiger partial charge on any atom is 0.230 e. The van der Waals surface area contributed by atoms with E-state index in [2.05, 4.69) is 0 Å². The van der Waals surface area contributed by atoms with Crippen LogP contribution in [-0.2, 0) is 21.3 Å². The predicted molar refractivity (Wildman–Crippen MR) is 78.9 cm³/mol. The molecule has 0 aliphatic rings. The Balaban J connectivity index is 1.96. The highest BCUT2D eigenvalue weighted by Gasteiger charge is 2.06. The highest BCUT2D eigenvalue weighted by atomic mass is 32.2. The third kappa shape index (κ3) is 4.51. The predicted octanol–water partition coefficient (Wildman–Crippen LogP) is 2.21. The molecule has 0 heterocycles. The minimum atomic E-state index is -1.26. The number of amides is 1. The second kappa shape index (κ2) is 6.86. The molecule has 1 atom stereocenters. The van der Waals surface area contributed by atoms with Crippen molar-refractivity contribution in [3.8, 4) is 11.5 Å². The summed E-state index contributed by atoms with van der Waals surface area (Å²) < 4.78 is 17.2. The van der Waals surface area contributed by atoms with E-state index >= 15 is 0 Å². The third-order valence-corrected chi connectivity index (χ3v) is 3.79. The molecule has 5 heteroatoms. The molecule has 2 aromatic rings. The van der Waals surface area contributed by atoms with Crippen LogP contribution in [0.2, 0.25) is 0 Å². The number of carbonyl (C=O) groups is 1. The van der Waals surface area contributed by atoms with Crippen molar-refractivity contribution >= 4 is 16.7 Å². The molecule has 0 aliphatic carbocycles. The summed E-state index contributed by atoms with van der Waals surface area (Å²) >= 11 is 0. The fourth-order valence-electron chi connectivity index (χ4n) is 1.67. The van der Waals surface area contributed by atoms with Crippen LogP contribution in [-0.4, -0.2) is 15.9 Å². The Morgan fingerprint density at radius 2 is 1.60 bits per heavy atom. The molecule has 0 bridgehead atoms. The van der Waals surface area contributed by atoms with Crippen molar-refractivity contribution in [3.63, 3.8) is 0 Å². The molecule has 0 aromatic heterocycles. The molecular weight excluding hydrogens is 274 g/mol. The molecule has 0 saturated heterocycles. The number of ether oxygens (including phenoxy) is 1. The van der Waals surface area contributed by atoms with Crippen LogP contribution < -0.4 is 10.5 Å². The Bertz CT molecular complexity index is 596. The average Bonchev–Trinajstić information content (AvgIpc) is 2.41. The van der Waals surface area contributed by atoms with E-state index in [1.807, 2.05) is 54.6 Å². The first-order valence-corrected chi connectivity index (χ1v) is 7.57. The van der Waals surface area contributed by atoms with Gasteiger partial charge in [0.25, 0.3) is 0 Å². The molecule has 0 aliphatic heterocycles. The van der Waals surface area contributed by atoms with Crippen molar-refractivity contribution in [3.05, 3.63) is 60.2 Å². The summed E-state index contributed by atoms with van der Waals surface area (Å²) in [4.78, 5) is 10.7. The number of hydrogen-bond acceptors (Lipinski definition) is 3. The molecule has 104 valence electrons. The van der Waals surface area contributed by atoms with Crippen LogP contribution in [0.15, 0.2) is 54.6 Å². The van der Waals surface area contributed by atoms with Gasteiger partial charge >= 0.3 is 0 Å². The van der Waals surface area contributed by atoms with E-state index < -0.39 is 16.7 Å². The Kier molecular flexibility index (Phi) is 4.90. The molecule has 0 spiro atoms. The standard InChI is InChI=1S/C15H15NO3S/c16-15(17)11-20(18)10-12-6-8-14(9-7-12)19-13-4-2-1-3-5-13/h1-9H,10-11H2,(H2,16,17)/t20-/m0/s1. The highest BCUT2D eigenvalue weighted by molar-refractivity contribution is 7.84. The van der Waals surface area contributed by atoms with Crippen molar-refractivity contribution in [2.45, 2.75) is 5.75 Å². The number of hydrogen-bond donors (Lipinski definition) is 1. The van der Waals surface area contributed by atoms with Crippen molar-refractivity contribution in [1.82, 2.24) is 0 Å². The Morgan fingerprint density at radius 3 is 2.20 bits per heavy atom. The molecule has 0 fully saturated rings. The lowest BCUT2D eigenvalue weighted by Gasteiger charge is -2.06. The second-order valence-corrected chi connectivity index (χ2v) is 5.71. The lowest BCUT2D eigenvalue weighted by Crippen LogP contribution is -2.20. The first-order valence-electron chi connectivity index (χ1n) is 6.08. The lowest BCUT2D eigenvalue weighted by atomic mass is 10.2. The normalized spacial score (nSPS) is 11.8. The quantitative estimate of drug-likeness (QED) is 0.886. The van der Waals surface area contributed by atoms with Gasteiger partial charge < -0.3 is 10.5 Å². The second-order valence-electron chi connectivity index (χ2n) is 4.25. The Morgan fingerprint density at radius 1 is 1.00 bits per heavy atom. The summed E-state index contributed by atoms with van der Waals surface area (Å²) in [5, 5.41) is 0. The maximum absolute atomic E-state index is 11.6. The van der Waals surface area contributed by atoms with Gasteiger partial charge in [-0.25, -0.2) is 0 Å². The topological polar surface area (TPSA) is 69.4 Å². The summed E-state index contributed by atoms with van der Waals surface area (Å²) in [6.07, 6.45) is 0. The Hall–Kier alpha value is -2.14. The molecule has 0 radical (unpaired) electrons. The van der Waals surface area contributed by atoms with Crippen molar-refractivity contribution in [1.29, 1.82) is 0 Å². The van der Waals surface area contributed by atoms with E-state index in [0.29, 0.717) is 11.5 Å². The van der Waals surface area contributed by atoms with E-state index in [1.165, 1.54) is 0 Å². The van der Waals surface area contributed by atoms with Gasteiger partial charge in [-0.1, -0.05) is 30.3 Å². The van der Waals surface area contributed by atoms with Gasteiger partial charge in [0.05, 0.1) is 0 Å². The van der Waals surface area contributed by atoms with Crippen LogP contribution in [0.25, 0.3) is 0 Å². The van der Waals surface area contributed by atoms with Gasteiger partial charge in [0, 0.05) is 16.6 Å². The molecule has 0 saturated carbocycles. The molecule has 0 unspecified atom stereocenters. The van der Waals surface area contributed by atoms with Crippen molar-refractivity contribution in [2.24, 2.45) is 5.73 Å². The van der Waals surface area contributed by atoms with Crippen LogP contribution in [0, 0.1) is 0 Å². The van der Waals surface area contributed by atoms with Crippen LogP contribution in [0.3, 0.4) is 0 Å². The number of nitrogens with two attached hydrogens (primary N) is 1. The smallest absolute Gasteiger partial charge is 0.230 e. The number of primary amides is 1. The lowest BCUT2D eigenvalue weighted by molar-refractivity contribution is -0.115. The maximum atomic E-state index is 11.6. The summed E-state index contributed by atoms with van der Waals surface area (Å²) in [6, 6.07) is 16.7. The van der Waals surface area contributed by atoms with Gasteiger partial charge in [-0.15, -0.1) is 0 Å². The SMILES string of the molecule is NC(=O)C[S@@](=O)Cc1ccc(Oc2ccccc2)cc1. The monoisotopic (exact) mass is 289 g/mol. The van der Waals surface area contributed by atoms with Crippen LogP contribution in [0.5, 0.6) is 11.5 Å².